The summed E-state index contributed by atoms with van der Waals surface area (Å²) in [6, 6.07) is 13.7. The molecular formula is C23H23FN4O2. The van der Waals surface area contributed by atoms with Crippen molar-refractivity contribution in [3.8, 4) is 11.6 Å². The van der Waals surface area contributed by atoms with E-state index >= 15 is 0 Å². The molecule has 1 aliphatic rings. The van der Waals surface area contributed by atoms with Crippen molar-refractivity contribution < 1.29 is 13.9 Å². The molecule has 1 N–H and O–H groups in total. The molecule has 1 amide bonds. The standard InChI is InChI=1S/C23H23FN4O2/c1-16-5-7-20(8-6-16)30-23-21(25-11-12-26-23)28-13-9-17(10-14-28)22(29)27-19-4-2-3-18(24)15-19/h2-8,11-12,15,17H,9-10,13-14H2,1H3,(H,27,29). The zero-order valence-corrected chi connectivity index (χ0v) is 16.7. The highest BCUT2D eigenvalue weighted by Crippen LogP contribution is 2.31. The molecule has 2 aromatic carbocycles. The van der Waals surface area contributed by atoms with Crippen molar-refractivity contribution in [2.75, 3.05) is 23.3 Å². The summed E-state index contributed by atoms with van der Waals surface area (Å²) in [4.78, 5) is 23.4. The van der Waals surface area contributed by atoms with Gasteiger partial charge in [0.05, 0.1) is 0 Å². The lowest BCUT2D eigenvalue weighted by molar-refractivity contribution is -0.120. The number of rotatable bonds is 5. The van der Waals surface area contributed by atoms with Gasteiger partial charge in [-0.3, -0.25) is 4.79 Å². The van der Waals surface area contributed by atoms with Crippen molar-refractivity contribution in [2.24, 2.45) is 5.92 Å². The molecule has 0 saturated carbocycles. The van der Waals surface area contributed by atoms with E-state index < -0.39 is 0 Å². The van der Waals surface area contributed by atoms with Crippen LogP contribution in [0.4, 0.5) is 15.9 Å². The fraction of sp³-hybridized carbons (Fsp3) is 0.261. The Morgan fingerprint density at radius 3 is 2.57 bits per heavy atom. The highest BCUT2D eigenvalue weighted by molar-refractivity contribution is 5.92. The number of benzene rings is 2. The Morgan fingerprint density at radius 2 is 1.83 bits per heavy atom. The van der Waals surface area contributed by atoms with Gasteiger partial charge in [0.2, 0.25) is 5.91 Å². The number of hydrogen-bond acceptors (Lipinski definition) is 5. The van der Waals surface area contributed by atoms with Gasteiger partial charge in [0.1, 0.15) is 11.6 Å². The zero-order chi connectivity index (χ0) is 20.9. The molecule has 0 spiro atoms. The molecule has 0 aliphatic carbocycles. The van der Waals surface area contributed by atoms with E-state index in [1.807, 2.05) is 31.2 Å². The molecular weight excluding hydrogens is 383 g/mol. The van der Waals surface area contributed by atoms with E-state index in [2.05, 4.69) is 20.2 Å². The van der Waals surface area contributed by atoms with Gasteiger partial charge in [-0.25, -0.2) is 14.4 Å². The van der Waals surface area contributed by atoms with Crippen LogP contribution in [0, 0.1) is 18.7 Å². The second-order valence-electron chi connectivity index (χ2n) is 7.36. The average Bonchev–Trinajstić information content (AvgIpc) is 2.76. The summed E-state index contributed by atoms with van der Waals surface area (Å²) in [6.07, 6.45) is 4.58. The second-order valence-corrected chi connectivity index (χ2v) is 7.36. The van der Waals surface area contributed by atoms with Crippen LogP contribution in [0.2, 0.25) is 0 Å². The van der Waals surface area contributed by atoms with E-state index in [0.29, 0.717) is 49.1 Å². The Morgan fingerprint density at radius 1 is 1.10 bits per heavy atom. The Kier molecular flexibility index (Phi) is 5.88. The van der Waals surface area contributed by atoms with Crippen LogP contribution in [0.5, 0.6) is 11.6 Å². The highest BCUT2D eigenvalue weighted by Gasteiger charge is 2.27. The number of halogens is 1. The molecule has 1 aliphatic heterocycles. The summed E-state index contributed by atoms with van der Waals surface area (Å²) in [5, 5.41) is 2.81. The van der Waals surface area contributed by atoms with Crippen molar-refractivity contribution >= 4 is 17.4 Å². The van der Waals surface area contributed by atoms with Gasteiger partial charge in [-0.1, -0.05) is 23.8 Å². The summed E-state index contributed by atoms with van der Waals surface area (Å²) in [5.74, 6) is 1.22. The number of aryl methyl sites for hydroxylation is 1. The van der Waals surface area contributed by atoms with Gasteiger partial charge in [-0.2, -0.15) is 0 Å². The fourth-order valence-corrected chi connectivity index (χ4v) is 3.49. The number of carbonyl (C=O) groups is 1. The topological polar surface area (TPSA) is 67.4 Å². The normalized spacial score (nSPS) is 14.4. The first kappa shape index (κ1) is 19.8. The van der Waals surface area contributed by atoms with Gasteiger partial charge in [0, 0.05) is 37.1 Å². The Labute approximate surface area is 174 Å². The quantitative estimate of drug-likeness (QED) is 0.672. The number of anilines is 2. The maximum Gasteiger partial charge on any atom is 0.263 e. The predicted molar refractivity (Wildman–Crippen MR) is 113 cm³/mol. The van der Waals surface area contributed by atoms with E-state index in [-0.39, 0.29) is 17.6 Å². The number of piperidine rings is 1. The summed E-state index contributed by atoms with van der Waals surface area (Å²) in [7, 11) is 0. The Hall–Kier alpha value is -3.48. The van der Waals surface area contributed by atoms with Crippen molar-refractivity contribution in [2.45, 2.75) is 19.8 Å². The summed E-state index contributed by atoms with van der Waals surface area (Å²) >= 11 is 0. The van der Waals surface area contributed by atoms with E-state index in [1.165, 1.54) is 12.1 Å². The lowest BCUT2D eigenvalue weighted by Crippen LogP contribution is -2.38. The fourth-order valence-electron chi connectivity index (χ4n) is 3.49. The SMILES string of the molecule is Cc1ccc(Oc2nccnc2N2CCC(C(=O)Nc3cccc(F)c3)CC2)cc1. The number of aromatic nitrogens is 2. The number of nitrogens with zero attached hydrogens (tertiary/aromatic N) is 3. The van der Waals surface area contributed by atoms with E-state index in [9.17, 15) is 9.18 Å². The molecule has 1 aromatic heterocycles. The van der Waals surface area contributed by atoms with Crippen LogP contribution < -0.4 is 15.0 Å². The van der Waals surface area contributed by atoms with Gasteiger partial charge in [-0.15, -0.1) is 0 Å². The minimum Gasteiger partial charge on any atom is -0.436 e. The number of nitrogens with one attached hydrogen (secondary N) is 1. The number of carbonyl (C=O) groups excluding carboxylic acids is 1. The van der Waals surface area contributed by atoms with Gasteiger partial charge in [0.25, 0.3) is 5.88 Å². The third kappa shape index (κ3) is 4.74. The van der Waals surface area contributed by atoms with Crippen LogP contribution in [0.25, 0.3) is 0 Å². The first-order valence-corrected chi connectivity index (χ1v) is 9.95. The molecule has 30 heavy (non-hydrogen) atoms. The Balaban J connectivity index is 1.39. The molecule has 1 saturated heterocycles. The van der Waals surface area contributed by atoms with Crippen molar-refractivity contribution in [3.63, 3.8) is 0 Å². The van der Waals surface area contributed by atoms with Crippen LogP contribution in [0.1, 0.15) is 18.4 Å². The largest absolute Gasteiger partial charge is 0.436 e. The first-order chi connectivity index (χ1) is 14.6. The summed E-state index contributed by atoms with van der Waals surface area (Å²) < 4.78 is 19.3. The van der Waals surface area contributed by atoms with Crippen LogP contribution in [-0.2, 0) is 4.79 Å². The van der Waals surface area contributed by atoms with Gasteiger partial charge >= 0.3 is 0 Å². The molecule has 154 valence electrons. The van der Waals surface area contributed by atoms with Crippen molar-refractivity contribution in [1.29, 1.82) is 0 Å². The molecule has 6 nitrogen and oxygen atoms in total. The number of hydrogen-bond donors (Lipinski definition) is 1. The van der Waals surface area contributed by atoms with Gasteiger partial charge in [0.15, 0.2) is 5.82 Å². The molecule has 1 fully saturated rings. The van der Waals surface area contributed by atoms with Crippen LogP contribution >= 0.6 is 0 Å². The molecule has 0 radical (unpaired) electrons. The molecule has 3 aromatic rings. The first-order valence-electron chi connectivity index (χ1n) is 9.95. The Bertz CT molecular complexity index is 1020. The van der Waals surface area contributed by atoms with E-state index in [4.69, 9.17) is 4.74 Å². The van der Waals surface area contributed by atoms with Crippen LogP contribution in [0.15, 0.2) is 60.9 Å². The van der Waals surface area contributed by atoms with E-state index in [1.54, 1.807) is 24.5 Å². The van der Waals surface area contributed by atoms with Crippen LogP contribution in [0.3, 0.4) is 0 Å². The molecule has 0 bridgehead atoms. The smallest absolute Gasteiger partial charge is 0.263 e. The lowest BCUT2D eigenvalue weighted by Gasteiger charge is -2.32. The van der Waals surface area contributed by atoms with E-state index in [0.717, 1.165) is 5.56 Å². The zero-order valence-electron chi connectivity index (χ0n) is 16.7. The maximum absolute atomic E-state index is 13.3. The minimum absolute atomic E-state index is 0.0875. The summed E-state index contributed by atoms with van der Waals surface area (Å²) in [5.41, 5.74) is 1.63. The van der Waals surface area contributed by atoms with Crippen molar-refractivity contribution in [1.82, 2.24) is 9.97 Å². The minimum atomic E-state index is -0.369. The molecule has 7 heteroatoms. The molecule has 0 atom stereocenters. The summed E-state index contributed by atoms with van der Waals surface area (Å²) in [6.45, 7) is 3.33. The van der Waals surface area contributed by atoms with Gasteiger partial charge in [-0.05, 0) is 50.1 Å². The monoisotopic (exact) mass is 406 g/mol. The van der Waals surface area contributed by atoms with Crippen LogP contribution in [-0.4, -0.2) is 29.0 Å². The van der Waals surface area contributed by atoms with Crippen molar-refractivity contribution in [3.05, 3.63) is 72.3 Å². The molecule has 2 heterocycles. The second kappa shape index (κ2) is 8.90. The highest BCUT2D eigenvalue weighted by atomic mass is 19.1. The lowest BCUT2D eigenvalue weighted by atomic mass is 9.96. The maximum atomic E-state index is 13.3. The molecule has 4 rings (SSSR count). The third-order valence-electron chi connectivity index (χ3n) is 5.14. The molecule has 0 unspecified atom stereocenters. The number of ether oxygens (including phenoxy) is 1. The third-order valence-corrected chi connectivity index (χ3v) is 5.14. The predicted octanol–water partition coefficient (Wildman–Crippen LogP) is 4.57. The number of amides is 1. The van der Waals surface area contributed by atoms with Gasteiger partial charge < -0.3 is 15.0 Å². The average molecular weight is 406 g/mol.